The Bertz CT molecular complexity index is 446. The van der Waals surface area contributed by atoms with Crippen LogP contribution < -0.4 is 10.1 Å². The van der Waals surface area contributed by atoms with Gasteiger partial charge in [-0.3, -0.25) is 9.59 Å². The first-order chi connectivity index (χ1) is 8.62. The molecule has 0 saturated carbocycles. The van der Waals surface area contributed by atoms with Gasteiger partial charge in [-0.1, -0.05) is 6.92 Å². The molecule has 0 fully saturated rings. The normalized spacial score (nSPS) is 9.94. The summed E-state index contributed by atoms with van der Waals surface area (Å²) in [5.74, 6) is 0.136. The fourth-order valence-corrected chi connectivity index (χ4v) is 1.65. The van der Waals surface area contributed by atoms with Crippen molar-refractivity contribution in [1.29, 1.82) is 0 Å². The highest BCUT2D eigenvalue weighted by molar-refractivity contribution is 6.30. The van der Waals surface area contributed by atoms with E-state index in [0.29, 0.717) is 23.4 Å². The fourth-order valence-electron chi connectivity index (χ4n) is 1.50. The molecule has 0 unspecified atom stereocenters. The van der Waals surface area contributed by atoms with Crippen molar-refractivity contribution in [2.75, 3.05) is 18.3 Å². The summed E-state index contributed by atoms with van der Waals surface area (Å²) in [4.78, 5) is 23.0. The summed E-state index contributed by atoms with van der Waals surface area (Å²) >= 11 is 5.50. The molecule has 0 bridgehead atoms. The second-order valence-corrected chi connectivity index (χ2v) is 4.04. The van der Waals surface area contributed by atoms with Crippen molar-refractivity contribution in [3.05, 3.63) is 23.8 Å². The monoisotopic (exact) mass is 269 g/mol. The van der Waals surface area contributed by atoms with Gasteiger partial charge in [-0.05, 0) is 24.6 Å². The van der Waals surface area contributed by atoms with Crippen molar-refractivity contribution in [1.82, 2.24) is 0 Å². The number of nitrogens with one attached hydrogen (secondary N) is 1. The molecule has 1 aromatic carbocycles. The van der Waals surface area contributed by atoms with E-state index in [1.54, 1.807) is 18.2 Å². The number of rotatable bonds is 6. The van der Waals surface area contributed by atoms with E-state index in [-0.39, 0.29) is 17.6 Å². The molecule has 0 aliphatic carbocycles. The van der Waals surface area contributed by atoms with Crippen molar-refractivity contribution in [3.63, 3.8) is 0 Å². The Balaban J connectivity index is 2.98. The molecule has 0 radical (unpaired) electrons. The number of benzene rings is 1. The minimum Gasteiger partial charge on any atom is -0.495 e. The molecule has 1 rings (SSSR count). The Morgan fingerprint density at radius 3 is 2.67 bits per heavy atom. The van der Waals surface area contributed by atoms with Gasteiger partial charge in [0.25, 0.3) is 0 Å². The lowest BCUT2D eigenvalue weighted by molar-refractivity contribution is -0.116. The van der Waals surface area contributed by atoms with E-state index in [4.69, 9.17) is 16.3 Å². The van der Waals surface area contributed by atoms with Crippen LogP contribution >= 0.6 is 11.6 Å². The molecule has 18 heavy (non-hydrogen) atoms. The Kier molecular flexibility index (Phi) is 5.65. The smallest absolute Gasteiger partial charge is 0.224 e. The molecule has 0 spiro atoms. The predicted octanol–water partition coefficient (Wildman–Crippen LogP) is 2.86. The van der Waals surface area contributed by atoms with E-state index in [9.17, 15) is 9.59 Å². The summed E-state index contributed by atoms with van der Waals surface area (Å²) in [6, 6.07) is 4.84. The molecular weight excluding hydrogens is 254 g/mol. The number of Topliss-reactive ketones (excluding diaryl/α,β-unsaturated/α-hetero) is 1. The number of hydrogen-bond donors (Lipinski definition) is 1. The van der Waals surface area contributed by atoms with Crippen LogP contribution in [0.4, 0.5) is 5.69 Å². The number of hydrogen-bond acceptors (Lipinski definition) is 3. The first-order valence-electron chi connectivity index (χ1n) is 5.69. The molecule has 1 aromatic rings. The lowest BCUT2D eigenvalue weighted by Gasteiger charge is -2.11. The number of amides is 1. The zero-order valence-electron chi connectivity index (χ0n) is 10.5. The molecule has 0 saturated heterocycles. The van der Waals surface area contributed by atoms with Gasteiger partial charge in [-0.15, -0.1) is 11.6 Å². The molecule has 5 heteroatoms. The highest BCUT2D eigenvalue weighted by atomic mass is 35.5. The fraction of sp³-hybridized carbons (Fsp3) is 0.385. The van der Waals surface area contributed by atoms with Gasteiger partial charge in [0.2, 0.25) is 5.91 Å². The third-order valence-electron chi connectivity index (χ3n) is 2.39. The first kappa shape index (κ1) is 14.5. The van der Waals surface area contributed by atoms with Crippen LogP contribution in [-0.4, -0.2) is 24.7 Å². The molecule has 1 amide bonds. The molecule has 0 atom stereocenters. The van der Waals surface area contributed by atoms with Crippen LogP contribution in [0.1, 0.15) is 30.1 Å². The average molecular weight is 270 g/mol. The van der Waals surface area contributed by atoms with Gasteiger partial charge in [0.05, 0.1) is 18.7 Å². The van der Waals surface area contributed by atoms with Gasteiger partial charge in [-0.2, -0.15) is 0 Å². The first-order valence-corrected chi connectivity index (χ1v) is 6.22. The number of anilines is 1. The molecule has 98 valence electrons. The number of carbonyl (C=O) groups excluding carboxylic acids is 2. The number of alkyl halides is 1. The van der Waals surface area contributed by atoms with Gasteiger partial charge >= 0.3 is 0 Å². The van der Waals surface area contributed by atoms with Gasteiger partial charge in [0.1, 0.15) is 5.75 Å². The van der Waals surface area contributed by atoms with Gasteiger partial charge < -0.3 is 10.1 Å². The van der Waals surface area contributed by atoms with Crippen LogP contribution in [0.25, 0.3) is 0 Å². The van der Waals surface area contributed by atoms with Crippen molar-refractivity contribution < 1.29 is 14.3 Å². The van der Waals surface area contributed by atoms with Crippen LogP contribution in [0.2, 0.25) is 0 Å². The Labute approximate surface area is 111 Å². The average Bonchev–Trinajstić information content (AvgIpc) is 2.38. The lowest BCUT2D eigenvalue weighted by Crippen LogP contribution is -2.12. The quantitative estimate of drug-likeness (QED) is 0.638. The second-order valence-electron chi connectivity index (χ2n) is 3.77. The maximum atomic E-state index is 11.6. The zero-order valence-corrected chi connectivity index (χ0v) is 11.2. The Morgan fingerprint density at radius 1 is 1.39 bits per heavy atom. The second kappa shape index (κ2) is 7.01. The molecule has 0 aromatic heterocycles. The summed E-state index contributed by atoms with van der Waals surface area (Å²) < 4.78 is 5.13. The summed E-state index contributed by atoms with van der Waals surface area (Å²) in [7, 11) is 1.51. The Hall–Kier alpha value is -1.55. The van der Waals surface area contributed by atoms with E-state index in [1.807, 2.05) is 6.92 Å². The third kappa shape index (κ3) is 3.74. The molecular formula is C13H16ClNO3. The molecule has 4 nitrogen and oxygen atoms in total. The van der Waals surface area contributed by atoms with E-state index in [2.05, 4.69) is 5.32 Å². The van der Waals surface area contributed by atoms with Crippen molar-refractivity contribution in [3.8, 4) is 5.75 Å². The highest BCUT2D eigenvalue weighted by Crippen LogP contribution is 2.26. The maximum absolute atomic E-state index is 11.6. The van der Waals surface area contributed by atoms with Crippen molar-refractivity contribution >= 4 is 29.0 Å². The third-order valence-corrected chi connectivity index (χ3v) is 2.64. The van der Waals surface area contributed by atoms with Crippen molar-refractivity contribution in [2.24, 2.45) is 0 Å². The van der Waals surface area contributed by atoms with Crippen LogP contribution in [-0.2, 0) is 4.79 Å². The standard InChI is InChI=1S/C13H16ClNO3/c1-3-4-13(17)15-10-7-9(11(16)8-14)5-6-12(10)18-2/h5-7H,3-4,8H2,1-2H3,(H,15,17). The predicted molar refractivity (Wildman–Crippen MR) is 71.6 cm³/mol. The van der Waals surface area contributed by atoms with Gasteiger partial charge in [-0.25, -0.2) is 0 Å². The largest absolute Gasteiger partial charge is 0.495 e. The number of ketones is 1. The number of methoxy groups -OCH3 is 1. The van der Waals surface area contributed by atoms with Crippen LogP contribution in [0.15, 0.2) is 18.2 Å². The number of ether oxygens (including phenoxy) is 1. The number of halogens is 1. The van der Waals surface area contributed by atoms with Gasteiger partial charge in [0, 0.05) is 12.0 Å². The van der Waals surface area contributed by atoms with Crippen LogP contribution in [0.5, 0.6) is 5.75 Å². The van der Waals surface area contributed by atoms with Gasteiger partial charge in [0.15, 0.2) is 5.78 Å². The summed E-state index contributed by atoms with van der Waals surface area (Å²) in [6.07, 6.45) is 1.19. The summed E-state index contributed by atoms with van der Waals surface area (Å²) in [5.41, 5.74) is 0.949. The minimum absolute atomic E-state index is 0.0886. The summed E-state index contributed by atoms with van der Waals surface area (Å²) in [6.45, 7) is 1.92. The van der Waals surface area contributed by atoms with Crippen LogP contribution in [0.3, 0.4) is 0 Å². The molecule has 0 aliphatic heterocycles. The lowest BCUT2D eigenvalue weighted by atomic mass is 10.1. The highest BCUT2D eigenvalue weighted by Gasteiger charge is 2.11. The van der Waals surface area contributed by atoms with E-state index in [0.717, 1.165) is 6.42 Å². The minimum atomic E-state index is -0.190. The van der Waals surface area contributed by atoms with E-state index in [1.165, 1.54) is 7.11 Å². The zero-order chi connectivity index (χ0) is 13.5. The topological polar surface area (TPSA) is 55.4 Å². The van der Waals surface area contributed by atoms with E-state index >= 15 is 0 Å². The molecule has 0 heterocycles. The molecule has 0 aliphatic rings. The van der Waals surface area contributed by atoms with Crippen molar-refractivity contribution in [2.45, 2.75) is 19.8 Å². The maximum Gasteiger partial charge on any atom is 0.224 e. The van der Waals surface area contributed by atoms with Crippen LogP contribution in [0, 0.1) is 0 Å². The number of carbonyl (C=O) groups is 2. The Morgan fingerprint density at radius 2 is 2.11 bits per heavy atom. The van der Waals surface area contributed by atoms with E-state index < -0.39 is 0 Å². The summed E-state index contributed by atoms with van der Waals surface area (Å²) in [5, 5.41) is 2.72. The molecule has 1 N–H and O–H groups in total. The SMILES string of the molecule is CCCC(=O)Nc1cc(C(=O)CCl)ccc1OC.